The Hall–Kier alpha value is -0.280. The van der Waals surface area contributed by atoms with E-state index in [2.05, 4.69) is 18.1 Å². The molecule has 1 aliphatic heterocycles. The van der Waals surface area contributed by atoms with Crippen molar-refractivity contribution >= 4 is 47.3 Å². The summed E-state index contributed by atoms with van der Waals surface area (Å²) in [6.45, 7) is -2.03. The van der Waals surface area contributed by atoms with Crippen molar-refractivity contribution in [2.24, 2.45) is 0 Å². The molecule has 0 bridgehead atoms. The first-order valence-electron chi connectivity index (χ1n) is 8.39. The zero-order valence-corrected chi connectivity index (χ0v) is 18.7. The molecule has 0 radical (unpaired) electrons. The Morgan fingerprint density at radius 1 is 1.30 bits per heavy atom. The Morgan fingerprint density at radius 2 is 1.90 bits per heavy atom. The number of rotatable bonds is 8. The molecule has 0 saturated carbocycles. The number of hydrogen-bond donors (Lipinski definition) is 6. The number of phosphoric ester groups is 1. The largest absolute Gasteiger partial charge is 0.490 e. The van der Waals surface area contributed by atoms with E-state index in [0.29, 0.717) is 0 Å². The van der Waals surface area contributed by atoms with E-state index in [9.17, 15) is 28.5 Å². The van der Waals surface area contributed by atoms with E-state index in [0.717, 1.165) is 4.57 Å². The molecule has 15 nitrogen and oxygen atoms in total. The number of ether oxygens (including phenoxy) is 1. The second-order valence-corrected chi connectivity index (χ2v) is 10.9. The number of nitrogens with one attached hydrogen (secondary N) is 1. The molecule has 1 aromatic heterocycles. The maximum absolute atomic E-state index is 11.9. The van der Waals surface area contributed by atoms with Gasteiger partial charge in [-0.25, -0.2) is 13.7 Å². The quantitative estimate of drug-likeness (QED) is 0.151. The third kappa shape index (κ3) is 6.86. The standard InChI is InChI=1S/C10H16ClN2O13P3S/c1-4-2-13(10(30)12-8(4)15)9-6(11)7(14)5(24-9)3-23-28(19,20)26-29(21,22)25-27(16,17)18/h2,5-7,9,14H,3H2,1H3,(H,19,20)(H,21,22)(H,12,15,30)(H2,16,17,18)/t5-,6+,7?,9-/m0/s1/i3D2. The van der Waals surface area contributed by atoms with Crippen LogP contribution in [0.5, 0.6) is 0 Å². The minimum Gasteiger partial charge on any atom is -0.389 e. The highest BCUT2D eigenvalue weighted by molar-refractivity contribution is 7.71. The van der Waals surface area contributed by atoms with Crippen LogP contribution >= 0.6 is 47.3 Å². The molecule has 0 aromatic carbocycles. The maximum Gasteiger partial charge on any atom is 0.490 e. The van der Waals surface area contributed by atoms with E-state index in [1.807, 2.05) is 0 Å². The maximum atomic E-state index is 11.9. The Balaban J connectivity index is 2.27. The van der Waals surface area contributed by atoms with Gasteiger partial charge in [0.1, 0.15) is 17.6 Å². The molecule has 0 spiro atoms. The lowest BCUT2D eigenvalue weighted by Gasteiger charge is -2.19. The van der Waals surface area contributed by atoms with Gasteiger partial charge in [-0.2, -0.15) is 8.62 Å². The smallest absolute Gasteiger partial charge is 0.389 e. The van der Waals surface area contributed by atoms with Crippen molar-refractivity contribution in [2.45, 2.75) is 30.7 Å². The Bertz CT molecular complexity index is 1140. The molecule has 6 N–H and O–H groups in total. The fourth-order valence-electron chi connectivity index (χ4n) is 2.15. The number of aromatic nitrogens is 2. The number of alkyl halides is 1. The fourth-order valence-corrected chi connectivity index (χ4v) is 5.59. The number of phosphoric acid groups is 3. The number of nitrogens with zero attached hydrogens (tertiary/aromatic N) is 1. The monoisotopic (exact) mass is 534 g/mol. The van der Waals surface area contributed by atoms with Gasteiger partial charge < -0.3 is 29.4 Å². The van der Waals surface area contributed by atoms with Gasteiger partial charge in [0.2, 0.25) is 0 Å². The molecular formula is C10H16ClN2O13P3S. The summed E-state index contributed by atoms with van der Waals surface area (Å²) < 4.78 is 66.9. The molecule has 172 valence electrons. The summed E-state index contributed by atoms with van der Waals surface area (Å²) in [5, 5.41) is 8.85. The van der Waals surface area contributed by atoms with Crippen LogP contribution < -0.4 is 5.56 Å². The van der Waals surface area contributed by atoms with Gasteiger partial charge in [-0.1, -0.05) is 0 Å². The lowest BCUT2D eigenvalue weighted by molar-refractivity contribution is -0.0443. The van der Waals surface area contributed by atoms with Crippen molar-refractivity contribution in [1.29, 1.82) is 0 Å². The zero-order valence-electron chi connectivity index (χ0n) is 16.5. The van der Waals surface area contributed by atoms with Gasteiger partial charge in [0, 0.05) is 11.8 Å². The molecule has 1 aliphatic rings. The van der Waals surface area contributed by atoms with E-state index in [1.54, 1.807) is 0 Å². The van der Waals surface area contributed by atoms with Crippen molar-refractivity contribution in [1.82, 2.24) is 9.55 Å². The summed E-state index contributed by atoms with van der Waals surface area (Å²) >= 11 is 11.0. The second-order valence-electron chi connectivity index (χ2n) is 5.66. The van der Waals surface area contributed by atoms with Crippen LogP contribution in [0.15, 0.2) is 11.0 Å². The number of H-pyrrole nitrogens is 1. The molecule has 2 heterocycles. The fraction of sp³-hybridized carbons (Fsp3) is 0.600. The normalized spacial score (nSPS) is 30.2. The lowest BCUT2D eigenvalue weighted by atomic mass is 10.2. The van der Waals surface area contributed by atoms with Crippen LogP contribution in [-0.4, -0.2) is 58.4 Å². The van der Waals surface area contributed by atoms with Gasteiger partial charge >= 0.3 is 23.5 Å². The highest BCUT2D eigenvalue weighted by atomic mass is 35.5. The van der Waals surface area contributed by atoms with Crippen molar-refractivity contribution in [3.63, 3.8) is 0 Å². The third-order valence-electron chi connectivity index (χ3n) is 3.32. The molecule has 1 aromatic rings. The van der Waals surface area contributed by atoms with Crippen LogP contribution in [0.1, 0.15) is 14.5 Å². The van der Waals surface area contributed by atoms with Gasteiger partial charge in [0.15, 0.2) is 11.0 Å². The second kappa shape index (κ2) is 9.30. The summed E-state index contributed by atoms with van der Waals surface area (Å²) in [5.41, 5.74) is -0.379. The van der Waals surface area contributed by atoms with Gasteiger partial charge in [-0.3, -0.25) is 18.9 Å². The number of aliphatic hydroxyl groups excluding tert-OH is 1. The van der Waals surface area contributed by atoms with E-state index < -0.39 is 59.4 Å². The van der Waals surface area contributed by atoms with E-state index >= 15 is 0 Å². The Labute approximate surface area is 180 Å². The molecule has 0 aliphatic carbocycles. The highest BCUT2D eigenvalue weighted by Crippen LogP contribution is 2.66. The van der Waals surface area contributed by atoms with E-state index in [-0.39, 0.29) is 10.3 Å². The SMILES string of the molecule is [2H]C([2H])(OP(=O)(O)OP(=O)(O)OP(=O)(O)O)[C@@H]1O[C@H](n2cc(C)c(=O)[nH]c2=S)[C@H](Cl)C1O. The molecule has 1 fully saturated rings. The molecule has 1 saturated heterocycles. The lowest BCUT2D eigenvalue weighted by Crippen LogP contribution is -2.31. The Morgan fingerprint density at radius 3 is 2.47 bits per heavy atom. The summed E-state index contributed by atoms with van der Waals surface area (Å²) in [4.78, 5) is 49.6. The van der Waals surface area contributed by atoms with Crippen LogP contribution in [-0.2, 0) is 31.6 Å². The van der Waals surface area contributed by atoms with Crippen molar-refractivity contribution in [3.8, 4) is 0 Å². The van der Waals surface area contributed by atoms with E-state index in [4.69, 9.17) is 46.0 Å². The van der Waals surface area contributed by atoms with Crippen LogP contribution in [0.4, 0.5) is 0 Å². The summed E-state index contributed by atoms with van der Waals surface area (Å²) in [7, 11) is -17.5. The molecule has 0 amide bonds. The van der Waals surface area contributed by atoms with Gasteiger partial charge in [0.05, 0.1) is 9.30 Å². The minimum absolute atomic E-state index is 0.153. The van der Waals surface area contributed by atoms with Crippen molar-refractivity contribution in [2.75, 3.05) is 6.56 Å². The first-order valence-corrected chi connectivity index (χ1v) is 12.8. The minimum atomic E-state index is -5.91. The number of hydrogen-bond acceptors (Lipinski definition) is 10. The molecule has 6 atom stereocenters. The zero-order chi connectivity index (χ0) is 24.9. The third-order valence-corrected chi connectivity index (χ3v) is 7.77. The Kier molecular flexibility index (Phi) is 7.10. The van der Waals surface area contributed by atoms with Crippen molar-refractivity contribution in [3.05, 3.63) is 26.9 Å². The number of aromatic amines is 1. The average molecular weight is 535 g/mol. The summed E-state index contributed by atoms with van der Waals surface area (Å²) in [6.07, 6.45) is -4.24. The van der Waals surface area contributed by atoms with Gasteiger partial charge in [-0.05, 0) is 19.1 Å². The highest BCUT2D eigenvalue weighted by Gasteiger charge is 2.46. The molecular weight excluding hydrogens is 517 g/mol. The summed E-state index contributed by atoms with van der Waals surface area (Å²) in [6, 6.07) is 0. The first-order chi connectivity index (χ1) is 14.2. The molecule has 3 unspecified atom stereocenters. The molecule has 20 heteroatoms. The topological polar surface area (TPSA) is 227 Å². The average Bonchev–Trinajstić information content (AvgIpc) is 2.82. The number of aliphatic hydroxyl groups is 1. The van der Waals surface area contributed by atoms with Crippen LogP contribution in [0.3, 0.4) is 0 Å². The first kappa shape index (κ1) is 22.9. The van der Waals surface area contributed by atoms with Crippen LogP contribution in [0, 0.1) is 11.7 Å². The van der Waals surface area contributed by atoms with E-state index in [1.165, 1.54) is 13.1 Å². The van der Waals surface area contributed by atoms with Crippen molar-refractivity contribution < 1.29 is 59.0 Å². The number of aryl methyl sites for hydroxylation is 1. The molecule has 30 heavy (non-hydrogen) atoms. The molecule has 2 rings (SSSR count). The summed E-state index contributed by atoms with van der Waals surface area (Å²) in [5.74, 6) is 0. The number of halogens is 1. The predicted molar refractivity (Wildman–Crippen MR) is 100.0 cm³/mol. The predicted octanol–water partition coefficient (Wildman–Crippen LogP) is 0.423. The van der Waals surface area contributed by atoms with Gasteiger partial charge in [0.25, 0.3) is 5.56 Å². The van der Waals surface area contributed by atoms with Crippen LogP contribution in [0.2, 0.25) is 0 Å². The van der Waals surface area contributed by atoms with Crippen LogP contribution in [0.25, 0.3) is 0 Å². The van der Waals surface area contributed by atoms with Gasteiger partial charge in [-0.15, -0.1) is 11.6 Å².